The maximum Gasteiger partial charge on any atom is 0.294 e. The lowest BCUT2D eigenvalue weighted by atomic mass is 10.0. The Bertz CT molecular complexity index is 2020. The Kier molecular flexibility index (Phi) is 9.57. The van der Waals surface area contributed by atoms with E-state index < -0.39 is 34.6 Å². The SMILES string of the molecule is O=C(/C=C(/O)c1cc(Cc2ccc(F)cc2)cn(Cc2ccccc2F)c1=O)C(=O)N1CCN(c2ccc(-c3ccccc3)cc2)CC1. The van der Waals surface area contributed by atoms with E-state index in [4.69, 9.17) is 0 Å². The molecule has 1 saturated heterocycles. The Morgan fingerprint density at radius 2 is 1.40 bits per heavy atom. The van der Waals surface area contributed by atoms with Gasteiger partial charge in [-0.05, 0) is 65.1 Å². The number of pyridine rings is 1. The third-order valence-electron chi connectivity index (χ3n) is 8.42. The predicted molar refractivity (Wildman–Crippen MR) is 182 cm³/mol. The zero-order chi connectivity index (χ0) is 33.6. The van der Waals surface area contributed by atoms with Crippen LogP contribution in [0.15, 0.2) is 126 Å². The number of hydrogen-bond donors (Lipinski definition) is 1. The highest BCUT2D eigenvalue weighted by Gasteiger charge is 2.26. The molecule has 2 heterocycles. The molecule has 0 radical (unpaired) electrons. The van der Waals surface area contributed by atoms with E-state index in [1.165, 1.54) is 46.0 Å². The Balaban J connectivity index is 1.17. The maximum absolute atomic E-state index is 14.5. The monoisotopic (exact) mass is 645 g/mol. The first-order valence-electron chi connectivity index (χ1n) is 15.6. The standard InChI is InChI=1S/C39H33F2N3O4/c40-32-14-10-27(11-15-32)22-28-23-34(38(47)44(25-28)26-31-8-4-5-9-35(31)41)36(45)24-37(46)39(48)43-20-18-42(19-21-43)33-16-12-30(13-17-33)29-6-2-1-3-7-29/h1-17,23-25,45H,18-22,26H2/b36-24+. The van der Waals surface area contributed by atoms with Crippen molar-refractivity contribution in [1.29, 1.82) is 0 Å². The van der Waals surface area contributed by atoms with Crippen LogP contribution in [0.4, 0.5) is 14.5 Å². The summed E-state index contributed by atoms with van der Waals surface area (Å²) < 4.78 is 29.2. The lowest BCUT2D eigenvalue weighted by Gasteiger charge is -2.35. The third-order valence-corrected chi connectivity index (χ3v) is 8.42. The third kappa shape index (κ3) is 7.41. The van der Waals surface area contributed by atoms with Crippen LogP contribution >= 0.6 is 0 Å². The molecule has 0 spiro atoms. The lowest BCUT2D eigenvalue weighted by molar-refractivity contribution is -0.142. The molecule has 0 saturated carbocycles. The summed E-state index contributed by atoms with van der Waals surface area (Å²) in [6.07, 6.45) is 2.57. The first-order chi connectivity index (χ1) is 23.2. The van der Waals surface area contributed by atoms with Gasteiger partial charge in [-0.2, -0.15) is 0 Å². The summed E-state index contributed by atoms with van der Waals surface area (Å²) in [7, 11) is 0. The molecule has 0 bridgehead atoms. The summed E-state index contributed by atoms with van der Waals surface area (Å²) in [4.78, 5) is 43.2. The number of piperazine rings is 1. The van der Waals surface area contributed by atoms with Crippen molar-refractivity contribution in [3.63, 3.8) is 0 Å². The highest BCUT2D eigenvalue weighted by molar-refractivity contribution is 6.41. The molecule has 1 fully saturated rings. The smallest absolute Gasteiger partial charge is 0.294 e. The molecule has 4 aromatic carbocycles. The highest BCUT2D eigenvalue weighted by Crippen LogP contribution is 2.24. The van der Waals surface area contributed by atoms with Crippen LogP contribution in [0.2, 0.25) is 0 Å². The van der Waals surface area contributed by atoms with Gasteiger partial charge in [-0.25, -0.2) is 8.78 Å². The summed E-state index contributed by atoms with van der Waals surface area (Å²) >= 11 is 0. The zero-order valence-electron chi connectivity index (χ0n) is 26.1. The Morgan fingerprint density at radius 3 is 2.08 bits per heavy atom. The number of halogens is 2. The Morgan fingerprint density at radius 1 is 0.750 bits per heavy atom. The van der Waals surface area contributed by atoms with Crippen LogP contribution in [0.5, 0.6) is 0 Å². The minimum absolute atomic E-state index is 0.130. The molecule has 1 aromatic heterocycles. The van der Waals surface area contributed by atoms with Crippen LogP contribution in [-0.4, -0.2) is 52.4 Å². The number of aromatic nitrogens is 1. The van der Waals surface area contributed by atoms with Gasteiger partial charge in [0, 0.05) is 49.7 Å². The lowest BCUT2D eigenvalue weighted by Crippen LogP contribution is -2.50. The highest BCUT2D eigenvalue weighted by atomic mass is 19.1. The van der Waals surface area contributed by atoms with E-state index >= 15 is 0 Å². The van der Waals surface area contributed by atoms with Gasteiger partial charge in [0.05, 0.1) is 12.1 Å². The van der Waals surface area contributed by atoms with Crippen molar-refractivity contribution in [1.82, 2.24) is 9.47 Å². The first kappa shape index (κ1) is 32.1. The fraction of sp³-hybridized carbons (Fsp3) is 0.154. The number of carbonyl (C=O) groups excluding carboxylic acids is 2. The van der Waals surface area contributed by atoms with Gasteiger partial charge in [0.2, 0.25) is 5.78 Å². The van der Waals surface area contributed by atoms with Gasteiger partial charge >= 0.3 is 0 Å². The number of rotatable bonds is 9. The van der Waals surface area contributed by atoms with E-state index in [0.29, 0.717) is 31.7 Å². The molecule has 48 heavy (non-hydrogen) atoms. The van der Waals surface area contributed by atoms with Crippen molar-refractivity contribution < 1.29 is 23.5 Å². The summed E-state index contributed by atoms with van der Waals surface area (Å²) in [5.74, 6) is -3.31. The number of hydrogen-bond acceptors (Lipinski definition) is 5. The molecular weight excluding hydrogens is 612 g/mol. The molecule has 5 aromatic rings. The molecule has 1 N–H and O–H groups in total. The van der Waals surface area contributed by atoms with Crippen molar-refractivity contribution in [3.05, 3.63) is 166 Å². The molecule has 0 unspecified atom stereocenters. The number of benzene rings is 4. The number of nitrogens with zero attached hydrogens (tertiary/aromatic N) is 3. The van der Waals surface area contributed by atoms with Crippen molar-refractivity contribution in [2.24, 2.45) is 0 Å². The van der Waals surface area contributed by atoms with Crippen molar-refractivity contribution >= 4 is 23.1 Å². The molecule has 1 aliphatic rings. The molecule has 0 atom stereocenters. The molecule has 9 heteroatoms. The molecule has 6 rings (SSSR count). The topological polar surface area (TPSA) is 82.8 Å². The van der Waals surface area contributed by atoms with Crippen molar-refractivity contribution in [3.8, 4) is 11.1 Å². The van der Waals surface area contributed by atoms with Crippen LogP contribution in [0, 0.1) is 11.6 Å². The molecule has 1 amide bonds. The summed E-state index contributed by atoms with van der Waals surface area (Å²) in [6, 6.07) is 31.5. The van der Waals surface area contributed by atoms with Gasteiger partial charge in [0.15, 0.2) is 0 Å². The minimum atomic E-state index is -0.961. The number of aliphatic hydroxyl groups excluding tert-OH is 1. The molecule has 0 aliphatic carbocycles. The second kappa shape index (κ2) is 14.3. The molecule has 7 nitrogen and oxygen atoms in total. The average Bonchev–Trinajstić information content (AvgIpc) is 3.11. The zero-order valence-corrected chi connectivity index (χ0v) is 26.1. The predicted octanol–water partition coefficient (Wildman–Crippen LogP) is 6.25. The van der Waals surface area contributed by atoms with E-state index in [2.05, 4.69) is 29.2 Å². The second-order valence-electron chi connectivity index (χ2n) is 11.7. The number of ketones is 1. The van der Waals surface area contributed by atoms with Crippen LogP contribution < -0.4 is 10.5 Å². The summed E-state index contributed by atoms with van der Waals surface area (Å²) in [5.41, 5.74) is 3.91. The fourth-order valence-electron chi connectivity index (χ4n) is 5.83. The molecule has 242 valence electrons. The van der Waals surface area contributed by atoms with Gasteiger partial charge < -0.3 is 19.5 Å². The van der Waals surface area contributed by atoms with Crippen molar-refractivity contribution in [2.45, 2.75) is 13.0 Å². The molecule has 1 aliphatic heterocycles. The van der Waals surface area contributed by atoms with E-state index in [1.807, 2.05) is 30.3 Å². The minimum Gasteiger partial charge on any atom is -0.507 e. The summed E-state index contributed by atoms with van der Waals surface area (Å²) in [6.45, 7) is 1.52. The number of carbonyl (C=O) groups is 2. The van der Waals surface area contributed by atoms with Gasteiger partial charge in [-0.1, -0.05) is 72.8 Å². The van der Waals surface area contributed by atoms with E-state index in [9.17, 15) is 28.3 Å². The van der Waals surface area contributed by atoms with Crippen LogP contribution in [0.25, 0.3) is 16.9 Å². The van der Waals surface area contributed by atoms with Gasteiger partial charge in [-0.15, -0.1) is 0 Å². The average molecular weight is 646 g/mol. The number of amides is 1. The maximum atomic E-state index is 14.5. The number of anilines is 1. The first-order valence-corrected chi connectivity index (χ1v) is 15.6. The Hall–Kier alpha value is -5.83. The Labute approximate surface area is 276 Å². The van der Waals surface area contributed by atoms with Gasteiger partial charge in [0.1, 0.15) is 17.4 Å². The number of aliphatic hydroxyl groups is 1. The van der Waals surface area contributed by atoms with E-state index in [-0.39, 0.29) is 24.1 Å². The summed E-state index contributed by atoms with van der Waals surface area (Å²) in [5, 5.41) is 11.0. The van der Waals surface area contributed by atoms with Crippen LogP contribution in [0.1, 0.15) is 22.3 Å². The fourth-order valence-corrected chi connectivity index (χ4v) is 5.83. The van der Waals surface area contributed by atoms with Gasteiger partial charge in [-0.3, -0.25) is 14.4 Å². The van der Waals surface area contributed by atoms with E-state index in [0.717, 1.165) is 28.5 Å². The largest absolute Gasteiger partial charge is 0.507 e. The van der Waals surface area contributed by atoms with Gasteiger partial charge in [0.25, 0.3) is 11.5 Å². The van der Waals surface area contributed by atoms with Crippen molar-refractivity contribution in [2.75, 3.05) is 31.1 Å². The quantitative estimate of drug-likeness (QED) is 0.117. The van der Waals surface area contributed by atoms with Crippen LogP contribution in [0.3, 0.4) is 0 Å². The molecular formula is C39H33F2N3O4. The second-order valence-corrected chi connectivity index (χ2v) is 11.7. The normalized spacial score (nSPS) is 13.4. The van der Waals surface area contributed by atoms with Crippen LogP contribution in [-0.2, 0) is 22.6 Å². The van der Waals surface area contributed by atoms with E-state index in [1.54, 1.807) is 24.3 Å².